The van der Waals surface area contributed by atoms with Gasteiger partial charge in [-0.05, 0) is 38.0 Å². The summed E-state index contributed by atoms with van der Waals surface area (Å²) in [5.74, 6) is -0.0815. The van der Waals surface area contributed by atoms with Crippen LogP contribution in [-0.4, -0.2) is 33.0 Å². The van der Waals surface area contributed by atoms with Crippen LogP contribution in [0.2, 0.25) is 0 Å². The van der Waals surface area contributed by atoms with Gasteiger partial charge in [-0.15, -0.1) is 11.3 Å². The Morgan fingerprint density at radius 2 is 2.29 bits per heavy atom. The van der Waals surface area contributed by atoms with E-state index in [1.807, 2.05) is 0 Å². The molecule has 1 aromatic rings. The smallest absolute Gasteiger partial charge is 0.320 e. The second kappa shape index (κ2) is 6.44. The van der Waals surface area contributed by atoms with E-state index in [1.165, 1.54) is 24.3 Å². The van der Waals surface area contributed by atoms with Crippen molar-refractivity contribution in [1.82, 2.24) is 9.88 Å². The van der Waals surface area contributed by atoms with E-state index in [-0.39, 0.29) is 6.04 Å². The van der Waals surface area contributed by atoms with Crippen LogP contribution in [0.4, 0.5) is 0 Å². The van der Waals surface area contributed by atoms with Crippen molar-refractivity contribution >= 4 is 17.3 Å². The van der Waals surface area contributed by atoms with Crippen molar-refractivity contribution in [2.24, 2.45) is 5.92 Å². The quantitative estimate of drug-likeness (QED) is 0.906. The Morgan fingerprint density at radius 1 is 1.48 bits per heavy atom. The first-order valence-electron chi connectivity index (χ1n) is 8.11. The van der Waals surface area contributed by atoms with Crippen molar-refractivity contribution < 1.29 is 9.90 Å². The highest BCUT2D eigenvalue weighted by atomic mass is 32.1. The number of carboxylic acids is 1. The number of hydrogen-bond donors (Lipinski definition) is 1. The molecule has 0 amide bonds. The fourth-order valence-electron chi connectivity index (χ4n) is 3.96. The lowest BCUT2D eigenvalue weighted by Crippen LogP contribution is -2.41. The second-order valence-corrected chi connectivity index (χ2v) is 7.30. The van der Waals surface area contributed by atoms with Crippen molar-refractivity contribution in [3.05, 3.63) is 16.1 Å². The average molecular weight is 308 g/mol. The summed E-state index contributed by atoms with van der Waals surface area (Å²) in [6.45, 7) is 2.87. The number of aryl methyl sites for hydroxylation is 1. The zero-order valence-corrected chi connectivity index (χ0v) is 13.4. The first-order chi connectivity index (χ1) is 10.2. The number of fused-ring (bicyclic) bond motifs is 1. The maximum Gasteiger partial charge on any atom is 0.320 e. The minimum atomic E-state index is -0.659. The first-order valence-corrected chi connectivity index (χ1v) is 8.98. The fourth-order valence-corrected chi connectivity index (χ4v) is 4.85. The number of carboxylic acid groups (broad SMARTS) is 1. The van der Waals surface area contributed by atoms with E-state index in [0.717, 1.165) is 31.4 Å². The standard InChI is InChI=1S/C16H24N2O2S/c1-2-5-15-17-12(10-21-15)9-18-13-7-4-3-6-11(13)8-14(18)16(19)20/h10-11,13-14H,2-9H2,1H3,(H,19,20)/t11-,13-,14+/m1/s1. The van der Waals surface area contributed by atoms with Crippen LogP contribution in [0.5, 0.6) is 0 Å². The lowest BCUT2D eigenvalue weighted by atomic mass is 9.85. The molecule has 1 N–H and O–H groups in total. The predicted octanol–water partition coefficient (Wildman–Crippen LogP) is 3.31. The highest BCUT2D eigenvalue weighted by Crippen LogP contribution is 2.40. The minimum absolute atomic E-state index is 0.311. The number of likely N-dealkylation sites (tertiary alicyclic amines) is 1. The summed E-state index contributed by atoms with van der Waals surface area (Å²) in [5, 5.41) is 12.8. The molecule has 0 bridgehead atoms. The zero-order valence-electron chi connectivity index (χ0n) is 12.6. The fraction of sp³-hybridized carbons (Fsp3) is 0.750. The summed E-state index contributed by atoms with van der Waals surface area (Å²) in [6.07, 6.45) is 7.81. The van der Waals surface area contributed by atoms with Gasteiger partial charge < -0.3 is 5.11 Å². The van der Waals surface area contributed by atoms with Gasteiger partial charge in [-0.2, -0.15) is 0 Å². The van der Waals surface area contributed by atoms with Crippen molar-refractivity contribution in [3.8, 4) is 0 Å². The predicted molar refractivity (Wildman–Crippen MR) is 83.4 cm³/mol. The van der Waals surface area contributed by atoms with Crippen LogP contribution in [0.25, 0.3) is 0 Å². The van der Waals surface area contributed by atoms with E-state index in [1.54, 1.807) is 11.3 Å². The van der Waals surface area contributed by atoms with E-state index in [2.05, 4.69) is 22.2 Å². The van der Waals surface area contributed by atoms with Crippen molar-refractivity contribution in [2.45, 2.75) is 70.5 Å². The lowest BCUT2D eigenvalue weighted by Gasteiger charge is -2.32. The van der Waals surface area contributed by atoms with Crippen LogP contribution in [0.15, 0.2) is 5.38 Å². The van der Waals surface area contributed by atoms with Crippen LogP contribution < -0.4 is 0 Å². The van der Waals surface area contributed by atoms with Gasteiger partial charge in [0.15, 0.2) is 0 Å². The molecule has 21 heavy (non-hydrogen) atoms. The number of rotatable bonds is 5. The minimum Gasteiger partial charge on any atom is -0.480 e. The third-order valence-corrected chi connectivity index (χ3v) is 5.87. The molecule has 3 rings (SSSR count). The molecule has 116 valence electrons. The SMILES string of the molecule is CCCc1nc(CN2[C@@H]3CCCC[C@@H]3C[C@H]2C(=O)O)cs1. The van der Waals surface area contributed by atoms with Crippen LogP contribution in [0.1, 0.15) is 56.2 Å². The van der Waals surface area contributed by atoms with E-state index < -0.39 is 5.97 Å². The first kappa shape index (κ1) is 15.0. The van der Waals surface area contributed by atoms with E-state index in [0.29, 0.717) is 18.5 Å². The normalized spacial score (nSPS) is 29.5. The topological polar surface area (TPSA) is 53.4 Å². The van der Waals surface area contributed by atoms with Gasteiger partial charge in [-0.1, -0.05) is 19.8 Å². The van der Waals surface area contributed by atoms with E-state index in [9.17, 15) is 9.90 Å². The zero-order chi connectivity index (χ0) is 14.8. The van der Waals surface area contributed by atoms with E-state index in [4.69, 9.17) is 0 Å². The lowest BCUT2D eigenvalue weighted by molar-refractivity contribution is -0.142. The van der Waals surface area contributed by atoms with Gasteiger partial charge in [0.25, 0.3) is 0 Å². The summed E-state index contributed by atoms with van der Waals surface area (Å²) in [7, 11) is 0. The molecule has 4 nitrogen and oxygen atoms in total. The van der Waals surface area contributed by atoms with Crippen LogP contribution in [0.3, 0.4) is 0 Å². The van der Waals surface area contributed by atoms with Gasteiger partial charge in [0.05, 0.1) is 10.7 Å². The van der Waals surface area contributed by atoms with Crippen molar-refractivity contribution in [1.29, 1.82) is 0 Å². The number of aliphatic carboxylic acids is 1. The highest BCUT2D eigenvalue weighted by molar-refractivity contribution is 7.09. The Bertz CT molecular complexity index is 502. The number of hydrogen-bond acceptors (Lipinski definition) is 4. The van der Waals surface area contributed by atoms with Gasteiger partial charge in [0.2, 0.25) is 0 Å². The molecular weight excluding hydrogens is 284 g/mol. The molecular formula is C16H24N2O2S. The largest absolute Gasteiger partial charge is 0.480 e. The van der Waals surface area contributed by atoms with Gasteiger partial charge >= 0.3 is 5.97 Å². The molecule has 0 unspecified atom stereocenters. The molecule has 5 heteroatoms. The van der Waals surface area contributed by atoms with Crippen molar-refractivity contribution in [2.75, 3.05) is 0 Å². The Kier molecular flexibility index (Phi) is 4.60. The average Bonchev–Trinajstić information content (AvgIpc) is 3.05. The van der Waals surface area contributed by atoms with Crippen LogP contribution in [-0.2, 0) is 17.8 Å². The molecule has 1 saturated carbocycles. The van der Waals surface area contributed by atoms with Crippen LogP contribution >= 0.6 is 11.3 Å². The maximum atomic E-state index is 11.6. The summed E-state index contributed by atoms with van der Waals surface area (Å²) in [5.41, 5.74) is 1.06. The molecule has 2 aliphatic rings. The Labute approximate surface area is 130 Å². The Balaban J connectivity index is 1.74. The molecule has 0 spiro atoms. The molecule has 0 aromatic carbocycles. The van der Waals surface area contributed by atoms with E-state index >= 15 is 0 Å². The molecule has 1 saturated heterocycles. The molecule has 1 aromatic heterocycles. The third-order valence-electron chi connectivity index (χ3n) is 4.91. The number of nitrogens with zero attached hydrogens (tertiary/aromatic N) is 2. The summed E-state index contributed by atoms with van der Waals surface area (Å²) in [4.78, 5) is 18.5. The van der Waals surface area contributed by atoms with Gasteiger partial charge in [-0.25, -0.2) is 4.98 Å². The second-order valence-electron chi connectivity index (χ2n) is 6.36. The molecule has 0 radical (unpaired) electrons. The summed E-state index contributed by atoms with van der Waals surface area (Å²) in [6, 6.07) is 0.144. The summed E-state index contributed by atoms with van der Waals surface area (Å²) < 4.78 is 0. The molecule has 2 fully saturated rings. The number of carbonyl (C=O) groups is 1. The Hall–Kier alpha value is -0.940. The van der Waals surface area contributed by atoms with Gasteiger partial charge in [0.1, 0.15) is 6.04 Å². The molecule has 1 aliphatic heterocycles. The maximum absolute atomic E-state index is 11.6. The molecule has 2 heterocycles. The van der Waals surface area contributed by atoms with Gasteiger partial charge in [0, 0.05) is 18.0 Å². The third kappa shape index (κ3) is 3.14. The molecule has 1 aliphatic carbocycles. The van der Waals surface area contributed by atoms with Crippen LogP contribution in [0, 0.1) is 5.92 Å². The number of aromatic nitrogens is 1. The van der Waals surface area contributed by atoms with Crippen molar-refractivity contribution in [3.63, 3.8) is 0 Å². The number of thiazole rings is 1. The summed E-state index contributed by atoms with van der Waals surface area (Å²) >= 11 is 1.71. The highest BCUT2D eigenvalue weighted by Gasteiger charge is 2.45. The monoisotopic (exact) mass is 308 g/mol. The Morgan fingerprint density at radius 3 is 3.05 bits per heavy atom. The molecule has 3 atom stereocenters. The van der Waals surface area contributed by atoms with Gasteiger partial charge in [-0.3, -0.25) is 9.69 Å².